The van der Waals surface area contributed by atoms with Gasteiger partial charge in [-0.3, -0.25) is 0 Å². The van der Waals surface area contributed by atoms with E-state index in [0.29, 0.717) is 4.99 Å². The van der Waals surface area contributed by atoms with Crippen LogP contribution < -0.4 is 11.1 Å². The molecular formula is C16H22N2S. The molecule has 1 aromatic carbocycles. The third kappa shape index (κ3) is 2.92. The highest BCUT2D eigenvalue weighted by Gasteiger charge is 2.41. The van der Waals surface area contributed by atoms with E-state index < -0.39 is 0 Å². The number of hydrogen-bond donors (Lipinski definition) is 2. The summed E-state index contributed by atoms with van der Waals surface area (Å²) in [5.74, 6) is 2.80. The van der Waals surface area contributed by atoms with Gasteiger partial charge in [0.25, 0.3) is 0 Å². The van der Waals surface area contributed by atoms with Gasteiger partial charge in [-0.2, -0.15) is 0 Å². The molecule has 3 N–H and O–H groups in total. The maximum Gasteiger partial charge on any atom is 0.106 e. The molecule has 19 heavy (non-hydrogen) atoms. The van der Waals surface area contributed by atoms with Gasteiger partial charge in [-0.15, -0.1) is 0 Å². The van der Waals surface area contributed by atoms with E-state index >= 15 is 0 Å². The molecule has 3 rings (SSSR count). The van der Waals surface area contributed by atoms with Gasteiger partial charge in [-0.05, 0) is 62.0 Å². The number of nitrogens with one attached hydrogen (secondary N) is 1. The second kappa shape index (κ2) is 5.12. The monoisotopic (exact) mass is 274 g/mol. The molecule has 2 fully saturated rings. The summed E-state index contributed by atoms with van der Waals surface area (Å²) < 4.78 is 0. The quantitative estimate of drug-likeness (QED) is 0.780. The second-order valence-corrected chi connectivity index (χ2v) is 6.52. The summed E-state index contributed by atoms with van der Waals surface area (Å²) in [6.07, 6.45) is 5.72. The lowest BCUT2D eigenvalue weighted by Crippen LogP contribution is -2.21. The average molecular weight is 274 g/mol. The summed E-state index contributed by atoms with van der Waals surface area (Å²) in [6, 6.07) is 6.16. The van der Waals surface area contributed by atoms with Crippen molar-refractivity contribution in [2.45, 2.75) is 32.6 Å². The molecule has 0 saturated heterocycles. The molecule has 0 unspecified atom stereocenters. The maximum absolute atomic E-state index is 5.83. The number of nitrogens with two attached hydrogens (primary N) is 1. The fourth-order valence-electron chi connectivity index (χ4n) is 3.09. The Bertz CT molecular complexity index is 478. The van der Waals surface area contributed by atoms with E-state index in [1.165, 1.54) is 31.2 Å². The predicted octanol–water partition coefficient (Wildman–Crippen LogP) is 3.48. The Kier molecular flexibility index (Phi) is 3.48. The molecule has 0 atom stereocenters. The van der Waals surface area contributed by atoms with E-state index in [-0.39, 0.29) is 0 Å². The molecule has 0 bridgehead atoms. The molecular weight excluding hydrogens is 252 g/mol. The predicted molar refractivity (Wildman–Crippen MR) is 84.5 cm³/mol. The van der Waals surface area contributed by atoms with Crippen LogP contribution in [0.2, 0.25) is 0 Å². The summed E-state index contributed by atoms with van der Waals surface area (Å²) in [6.45, 7) is 3.20. The van der Waals surface area contributed by atoms with E-state index in [1.54, 1.807) is 0 Å². The zero-order valence-electron chi connectivity index (χ0n) is 11.5. The minimum atomic E-state index is 0.487. The Morgan fingerprint density at radius 3 is 2.47 bits per heavy atom. The molecule has 2 nitrogen and oxygen atoms in total. The number of anilines is 1. The third-order valence-corrected chi connectivity index (χ3v) is 4.73. The van der Waals surface area contributed by atoms with Crippen molar-refractivity contribution in [3.63, 3.8) is 0 Å². The summed E-state index contributed by atoms with van der Waals surface area (Å²) in [5, 5.41) is 3.64. The number of thiocarbonyl (C=S) groups is 1. The van der Waals surface area contributed by atoms with Crippen LogP contribution in [0.25, 0.3) is 0 Å². The third-order valence-electron chi connectivity index (χ3n) is 4.51. The second-order valence-electron chi connectivity index (χ2n) is 6.08. The van der Waals surface area contributed by atoms with Crippen LogP contribution in [0.15, 0.2) is 18.2 Å². The number of rotatable bonds is 6. The van der Waals surface area contributed by atoms with Crippen LogP contribution in [0, 0.1) is 24.7 Å². The van der Waals surface area contributed by atoms with E-state index in [9.17, 15) is 0 Å². The van der Waals surface area contributed by atoms with Crippen molar-refractivity contribution in [3.8, 4) is 0 Å². The largest absolute Gasteiger partial charge is 0.389 e. The lowest BCUT2D eigenvalue weighted by atomic mass is 9.97. The summed E-state index contributed by atoms with van der Waals surface area (Å²) >= 11 is 5.15. The molecule has 102 valence electrons. The first-order valence-electron chi connectivity index (χ1n) is 7.30. The first kappa shape index (κ1) is 12.9. The number of aryl methyl sites for hydroxylation is 1. The summed E-state index contributed by atoms with van der Waals surface area (Å²) in [5.41, 5.74) is 9.18. The fraction of sp³-hybridized carbons (Fsp3) is 0.562. The molecule has 0 heterocycles. The Morgan fingerprint density at radius 1 is 1.32 bits per heavy atom. The number of hydrogen-bond acceptors (Lipinski definition) is 2. The van der Waals surface area contributed by atoms with Crippen molar-refractivity contribution in [1.82, 2.24) is 0 Å². The molecule has 2 saturated carbocycles. The van der Waals surface area contributed by atoms with E-state index in [4.69, 9.17) is 18.0 Å². The maximum atomic E-state index is 5.83. The van der Waals surface area contributed by atoms with Crippen molar-refractivity contribution in [2.24, 2.45) is 23.5 Å². The first-order chi connectivity index (χ1) is 9.16. The van der Waals surface area contributed by atoms with Crippen molar-refractivity contribution < 1.29 is 0 Å². The van der Waals surface area contributed by atoms with Gasteiger partial charge in [0.2, 0.25) is 0 Å². The van der Waals surface area contributed by atoms with Gasteiger partial charge in [-0.1, -0.05) is 24.4 Å². The highest BCUT2D eigenvalue weighted by atomic mass is 32.1. The molecule has 3 heteroatoms. The van der Waals surface area contributed by atoms with Crippen LogP contribution in [0.4, 0.5) is 5.69 Å². The van der Waals surface area contributed by atoms with Crippen LogP contribution in [-0.2, 0) is 0 Å². The van der Waals surface area contributed by atoms with Gasteiger partial charge in [0.15, 0.2) is 0 Å². The molecule has 0 aliphatic heterocycles. The molecule has 0 amide bonds. The SMILES string of the molecule is Cc1cccc(C(N)=S)c1NCC(C1CC1)C1CC1. The molecule has 0 radical (unpaired) electrons. The highest BCUT2D eigenvalue weighted by Crippen LogP contribution is 2.49. The number of benzene rings is 1. The van der Waals surface area contributed by atoms with Gasteiger partial charge in [-0.25, -0.2) is 0 Å². The molecule has 0 spiro atoms. The van der Waals surface area contributed by atoms with Crippen molar-refractivity contribution in [1.29, 1.82) is 0 Å². The molecule has 2 aliphatic carbocycles. The zero-order chi connectivity index (χ0) is 13.4. The normalized spacial score (nSPS) is 18.6. The topological polar surface area (TPSA) is 38.0 Å². The van der Waals surface area contributed by atoms with Gasteiger partial charge < -0.3 is 11.1 Å². The smallest absolute Gasteiger partial charge is 0.106 e. The van der Waals surface area contributed by atoms with Crippen molar-refractivity contribution in [2.75, 3.05) is 11.9 Å². The summed E-state index contributed by atoms with van der Waals surface area (Å²) in [4.78, 5) is 0.487. The molecule has 1 aromatic rings. The lowest BCUT2D eigenvalue weighted by molar-refractivity contribution is 0.428. The lowest BCUT2D eigenvalue weighted by Gasteiger charge is -2.20. The minimum Gasteiger partial charge on any atom is -0.389 e. The Hall–Kier alpha value is -1.09. The van der Waals surface area contributed by atoms with Gasteiger partial charge in [0, 0.05) is 17.8 Å². The number of para-hydroxylation sites is 1. The van der Waals surface area contributed by atoms with Gasteiger partial charge >= 0.3 is 0 Å². The zero-order valence-corrected chi connectivity index (χ0v) is 12.3. The van der Waals surface area contributed by atoms with Gasteiger partial charge in [0.05, 0.1) is 0 Å². The molecule has 2 aliphatic rings. The summed E-state index contributed by atoms with van der Waals surface area (Å²) in [7, 11) is 0. The Labute approximate surface area is 120 Å². The van der Waals surface area contributed by atoms with Crippen LogP contribution in [0.5, 0.6) is 0 Å². The Morgan fingerprint density at radius 2 is 1.95 bits per heavy atom. The van der Waals surface area contributed by atoms with Crippen molar-refractivity contribution >= 4 is 22.9 Å². The minimum absolute atomic E-state index is 0.487. The van der Waals surface area contributed by atoms with E-state index in [2.05, 4.69) is 18.3 Å². The van der Waals surface area contributed by atoms with Crippen LogP contribution in [-0.4, -0.2) is 11.5 Å². The van der Waals surface area contributed by atoms with E-state index in [1.807, 2.05) is 12.1 Å². The van der Waals surface area contributed by atoms with Crippen LogP contribution >= 0.6 is 12.2 Å². The average Bonchev–Trinajstić information content (AvgIpc) is 3.25. The first-order valence-corrected chi connectivity index (χ1v) is 7.71. The van der Waals surface area contributed by atoms with Crippen LogP contribution in [0.1, 0.15) is 36.8 Å². The molecule has 0 aromatic heterocycles. The van der Waals surface area contributed by atoms with Crippen LogP contribution in [0.3, 0.4) is 0 Å². The van der Waals surface area contributed by atoms with E-state index in [0.717, 1.165) is 35.5 Å². The van der Waals surface area contributed by atoms with Gasteiger partial charge in [0.1, 0.15) is 4.99 Å². The standard InChI is InChI=1S/C16H22N2S/c1-10-3-2-4-13(16(17)19)15(10)18-9-14(11-5-6-11)12-7-8-12/h2-4,11-12,14,18H,5-9H2,1H3,(H2,17,19). The fourth-order valence-corrected chi connectivity index (χ4v) is 3.26. The Balaban J connectivity index is 1.73. The highest BCUT2D eigenvalue weighted by molar-refractivity contribution is 7.80. The van der Waals surface area contributed by atoms with Crippen molar-refractivity contribution in [3.05, 3.63) is 29.3 Å².